The summed E-state index contributed by atoms with van der Waals surface area (Å²) in [4.78, 5) is 22.6. The van der Waals surface area contributed by atoms with Crippen molar-refractivity contribution in [3.8, 4) is 0 Å². The molecular formula is C16H19N7O. The molecule has 1 atom stereocenters. The Hall–Kier alpha value is -2.77. The molecule has 1 aromatic carbocycles. The van der Waals surface area contributed by atoms with Crippen LogP contribution in [0.4, 0.5) is 0 Å². The molecule has 24 heavy (non-hydrogen) atoms. The van der Waals surface area contributed by atoms with Crippen molar-refractivity contribution >= 4 is 16.9 Å². The number of aromatic amines is 1. The maximum atomic E-state index is 12.6. The van der Waals surface area contributed by atoms with Gasteiger partial charge in [-0.3, -0.25) is 4.79 Å². The summed E-state index contributed by atoms with van der Waals surface area (Å²) < 4.78 is 1.58. The van der Waals surface area contributed by atoms with Crippen molar-refractivity contribution in [2.24, 2.45) is 0 Å². The van der Waals surface area contributed by atoms with Crippen molar-refractivity contribution < 1.29 is 4.79 Å². The Morgan fingerprint density at radius 2 is 2.33 bits per heavy atom. The van der Waals surface area contributed by atoms with Crippen molar-refractivity contribution in [2.45, 2.75) is 38.8 Å². The van der Waals surface area contributed by atoms with Crippen molar-refractivity contribution in [3.05, 3.63) is 35.9 Å². The Morgan fingerprint density at radius 3 is 3.17 bits per heavy atom. The molecule has 3 heterocycles. The zero-order valence-electron chi connectivity index (χ0n) is 13.5. The van der Waals surface area contributed by atoms with E-state index in [1.165, 1.54) is 11.9 Å². The van der Waals surface area contributed by atoms with Crippen molar-refractivity contribution in [2.75, 3.05) is 6.54 Å². The molecule has 0 spiro atoms. The second kappa shape index (κ2) is 6.03. The first-order valence-electron chi connectivity index (χ1n) is 8.17. The lowest BCUT2D eigenvalue weighted by Gasteiger charge is -2.23. The van der Waals surface area contributed by atoms with Gasteiger partial charge in [-0.15, -0.1) is 5.10 Å². The molecule has 8 heteroatoms. The van der Waals surface area contributed by atoms with Gasteiger partial charge in [0.2, 0.25) is 5.91 Å². The molecule has 0 saturated carbocycles. The van der Waals surface area contributed by atoms with Crippen LogP contribution in [0.15, 0.2) is 24.5 Å². The number of benzene rings is 1. The Labute approximate surface area is 138 Å². The van der Waals surface area contributed by atoms with E-state index in [1.807, 2.05) is 11.0 Å². The van der Waals surface area contributed by atoms with Gasteiger partial charge in [-0.25, -0.2) is 9.67 Å². The van der Waals surface area contributed by atoms with E-state index in [0.717, 1.165) is 36.2 Å². The quantitative estimate of drug-likeness (QED) is 0.786. The Balaban J connectivity index is 1.51. The van der Waals surface area contributed by atoms with Gasteiger partial charge in [0.15, 0.2) is 0 Å². The minimum Gasteiger partial charge on any atom is -0.340 e. The molecule has 1 aliphatic rings. The number of imidazole rings is 1. The number of aryl methyl sites for hydroxylation is 2. The predicted molar refractivity (Wildman–Crippen MR) is 87.0 cm³/mol. The van der Waals surface area contributed by atoms with Gasteiger partial charge >= 0.3 is 0 Å². The summed E-state index contributed by atoms with van der Waals surface area (Å²) in [6.07, 6.45) is 3.85. The number of hydrogen-bond donors (Lipinski definition) is 1. The molecule has 1 aliphatic heterocycles. The smallest absolute Gasteiger partial charge is 0.225 e. The fraction of sp³-hybridized carbons (Fsp3) is 0.438. The molecule has 1 saturated heterocycles. The molecule has 8 nitrogen and oxygen atoms in total. The van der Waals surface area contributed by atoms with Crippen molar-refractivity contribution in [3.63, 3.8) is 0 Å². The molecule has 0 bridgehead atoms. The molecule has 1 N–H and O–H groups in total. The largest absolute Gasteiger partial charge is 0.340 e. The van der Waals surface area contributed by atoms with E-state index in [1.54, 1.807) is 4.68 Å². The highest BCUT2D eigenvalue weighted by Crippen LogP contribution is 2.32. The molecule has 2 aromatic heterocycles. The van der Waals surface area contributed by atoms with Gasteiger partial charge in [0.25, 0.3) is 0 Å². The van der Waals surface area contributed by atoms with Crippen molar-refractivity contribution in [1.29, 1.82) is 0 Å². The van der Waals surface area contributed by atoms with E-state index in [4.69, 9.17) is 4.98 Å². The number of amides is 1. The number of carbonyl (C=O) groups is 1. The molecule has 1 fully saturated rings. The van der Waals surface area contributed by atoms with E-state index in [9.17, 15) is 4.79 Å². The average molecular weight is 325 g/mol. The predicted octanol–water partition coefficient (Wildman–Crippen LogP) is 1.61. The molecule has 4 rings (SSSR count). The standard InChI is InChI=1S/C16H19N7O/c1-11-4-5-12-13(9-11)19-16(18-12)14-3-2-7-23(14)15(24)6-8-22-10-17-20-21-22/h4-5,9-10,14H,2-3,6-8H2,1H3,(H,18,19). The van der Waals surface area contributed by atoms with E-state index in [-0.39, 0.29) is 11.9 Å². The number of nitrogens with one attached hydrogen (secondary N) is 1. The van der Waals surface area contributed by atoms with Crippen LogP contribution < -0.4 is 0 Å². The van der Waals surface area contributed by atoms with E-state index < -0.39 is 0 Å². The van der Waals surface area contributed by atoms with Crippen LogP contribution in [-0.4, -0.2) is 47.5 Å². The summed E-state index contributed by atoms with van der Waals surface area (Å²) in [7, 11) is 0. The monoisotopic (exact) mass is 325 g/mol. The van der Waals surface area contributed by atoms with Crippen LogP contribution in [0.3, 0.4) is 0 Å². The highest BCUT2D eigenvalue weighted by atomic mass is 16.2. The van der Waals surface area contributed by atoms with Crippen LogP contribution in [0.25, 0.3) is 11.0 Å². The second-order valence-electron chi connectivity index (χ2n) is 6.21. The van der Waals surface area contributed by atoms with Crippen LogP contribution in [0.2, 0.25) is 0 Å². The lowest BCUT2D eigenvalue weighted by atomic mass is 10.2. The van der Waals surface area contributed by atoms with Crippen LogP contribution in [-0.2, 0) is 11.3 Å². The number of carbonyl (C=O) groups excluding carboxylic acids is 1. The number of hydrogen-bond acceptors (Lipinski definition) is 5. The van der Waals surface area contributed by atoms with Crippen LogP contribution in [0.5, 0.6) is 0 Å². The normalized spacial score (nSPS) is 17.7. The zero-order valence-corrected chi connectivity index (χ0v) is 13.5. The first kappa shape index (κ1) is 14.8. The number of fused-ring (bicyclic) bond motifs is 1. The number of tetrazole rings is 1. The van der Waals surface area contributed by atoms with E-state index in [2.05, 4.69) is 39.6 Å². The third kappa shape index (κ3) is 2.75. The van der Waals surface area contributed by atoms with E-state index in [0.29, 0.717) is 13.0 Å². The van der Waals surface area contributed by atoms with Gasteiger partial charge in [0, 0.05) is 13.0 Å². The fourth-order valence-electron chi connectivity index (χ4n) is 3.29. The molecular weight excluding hydrogens is 306 g/mol. The molecule has 124 valence electrons. The van der Waals surface area contributed by atoms with Crippen LogP contribution >= 0.6 is 0 Å². The van der Waals surface area contributed by atoms with Gasteiger partial charge in [0.05, 0.1) is 23.6 Å². The Morgan fingerprint density at radius 1 is 1.42 bits per heavy atom. The highest BCUT2D eigenvalue weighted by molar-refractivity contribution is 5.78. The Kier molecular flexibility index (Phi) is 3.72. The maximum absolute atomic E-state index is 12.6. The average Bonchev–Trinajstić information content (AvgIpc) is 3.30. The lowest BCUT2D eigenvalue weighted by Crippen LogP contribution is -2.31. The lowest BCUT2D eigenvalue weighted by molar-refractivity contribution is -0.132. The minimum absolute atomic E-state index is 0.0269. The van der Waals surface area contributed by atoms with Crippen LogP contribution in [0, 0.1) is 6.92 Å². The number of aromatic nitrogens is 6. The SMILES string of the molecule is Cc1ccc2nc(C3CCCN3C(=O)CCn3cnnn3)[nH]c2c1. The zero-order chi connectivity index (χ0) is 16.5. The number of likely N-dealkylation sites (tertiary alicyclic amines) is 1. The van der Waals surface area contributed by atoms with Gasteiger partial charge in [-0.05, 0) is 47.9 Å². The molecule has 1 unspecified atom stereocenters. The van der Waals surface area contributed by atoms with Crippen molar-refractivity contribution in [1.82, 2.24) is 35.1 Å². The summed E-state index contributed by atoms with van der Waals surface area (Å²) in [6, 6.07) is 6.18. The number of nitrogens with zero attached hydrogens (tertiary/aromatic N) is 6. The van der Waals surface area contributed by atoms with Gasteiger partial charge < -0.3 is 9.88 Å². The summed E-state index contributed by atoms with van der Waals surface area (Å²) in [6.45, 7) is 3.33. The third-order valence-corrected chi connectivity index (χ3v) is 4.49. The summed E-state index contributed by atoms with van der Waals surface area (Å²) in [5, 5.41) is 11.0. The first-order valence-corrected chi connectivity index (χ1v) is 8.17. The number of rotatable bonds is 4. The minimum atomic E-state index is 0.0269. The third-order valence-electron chi connectivity index (χ3n) is 4.49. The van der Waals surface area contributed by atoms with Gasteiger partial charge in [-0.1, -0.05) is 6.07 Å². The number of H-pyrrole nitrogens is 1. The molecule has 1 amide bonds. The second-order valence-corrected chi connectivity index (χ2v) is 6.21. The maximum Gasteiger partial charge on any atom is 0.225 e. The topological polar surface area (TPSA) is 92.6 Å². The van der Waals surface area contributed by atoms with E-state index >= 15 is 0 Å². The fourth-order valence-corrected chi connectivity index (χ4v) is 3.29. The highest BCUT2D eigenvalue weighted by Gasteiger charge is 2.31. The summed E-state index contributed by atoms with van der Waals surface area (Å²) in [5.41, 5.74) is 3.17. The molecule has 0 radical (unpaired) electrons. The Bertz CT molecular complexity index is 855. The first-order chi connectivity index (χ1) is 11.7. The molecule has 0 aliphatic carbocycles. The summed E-state index contributed by atoms with van der Waals surface area (Å²) in [5.74, 6) is 0.994. The van der Waals surface area contributed by atoms with Gasteiger partial charge in [0.1, 0.15) is 12.2 Å². The summed E-state index contributed by atoms with van der Waals surface area (Å²) >= 11 is 0. The van der Waals surface area contributed by atoms with Crippen LogP contribution in [0.1, 0.15) is 36.7 Å². The molecule has 3 aromatic rings. The van der Waals surface area contributed by atoms with Gasteiger partial charge in [-0.2, -0.15) is 0 Å².